The lowest BCUT2D eigenvalue weighted by molar-refractivity contribution is -0.116. The second kappa shape index (κ2) is 10.6. The molecule has 5 rings (SSSR count). The zero-order chi connectivity index (χ0) is 24.2. The molecule has 182 valence electrons. The Labute approximate surface area is 212 Å². The van der Waals surface area contributed by atoms with E-state index in [1.54, 1.807) is 0 Å². The first-order chi connectivity index (χ1) is 17.1. The Bertz CT molecular complexity index is 1150. The third-order valence-electron chi connectivity index (χ3n) is 7.19. The highest BCUT2D eigenvalue weighted by molar-refractivity contribution is 7.80. The van der Waals surface area contributed by atoms with Crippen molar-refractivity contribution in [2.24, 2.45) is 0 Å². The number of thiocarbonyl (C=S) groups is 1. The third kappa shape index (κ3) is 5.40. The highest BCUT2D eigenvalue weighted by atomic mass is 32.1. The molecule has 6 nitrogen and oxygen atoms in total. The van der Waals surface area contributed by atoms with E-state index in [2.05, 4.69) is 43.5 Å². The SMILES string of the molecule is Cc1ccc(NC(=O)CCN2C(=S)N[C@@H](c3ccccn3)[C@@H]2c2ccn(C3CCCCC3)c2)cc1. The minimum absolute atomic E-state index is 0.0172. The topological polar surface area (TPSA) is 62.2 Å². The maximum Gasteiger partial charge on any atom is 0.226 e. The predicted octanol–water partition coefficient (Wildman–Crippen LogP) is 5.70. The summed E-state index contributed by atoms with van der Waals surface area (Å²) >= 11 is 5.77. The first-order valence-electron chi connectivity index (χ1n) is 12.6. The number of benzene rings is 1. The Morgan fingerprint density at radius 2 is 1.91 bits per heavy atom. The molecule has 2 aliphatic rings. The number of amides is 1. The van der Waals surface area contributed by atoms with Gasteiger partial charge < -0.3 is 20.1 Å². The fraction of sp³-hybridized carbons (Fsp3) is 0.393. The van der Waals surface area contributed by atoms with Crippen LogP contribution in [0.1, 0.15) is 73.5 Å². The van der Waals surface area contributed by atoms with Gasteiger partial charge in [-0.3, -0.25) is 9.78 Å². The van der Waals surface area contributed by atoms with Gasteiger partial charge in [0, 0.05) is 43.3 Å². The first-order valence-corrected chi connectivity index (χ1v) is 13.0. The molecule has 2 atom stereocenters. The van der Waals surface area contributed by atoms with Crippen LogP contribution in [0.15, 0.2) is 67.1 Å². The molecule has 0 radical (unpaired) electrons. The van der Waals surface area contributed by atoms with E-state index in [0.29, 0.717) is 24.1 Å². The summed E-state index contributed by atoms with van der Waals surface area (Å²) in [6.07, 6.45) is 13.1. The molecule has 0 spiro atoms. The van der Waals surface area contributed by atoms with Crippen LogP contribution in [0.5, 0.6) is 0 Å². The molecule has 0 bridgehead atoms. The molecule has 1 aliphatic carbocycles. The van der Waals surface area contributed by atoms with Crippen LogP contribution < -0.4 is 10.6 Å². The normalized spacial score (nSPS) is 20.6. The molecule has 7 heteroatoms. The van der Waals surface area contributed by atoms with Gasteiger partial charge in [-0.1, -0.05) is 43.0 Å². The summed E-state index contributed by atoms with van der Waals surface area (Å²) in [5.41, 5.74) is 4.14. The van der Waals surface area contributed by atoms with Crippen molar-refractivity contribution in [3.63, 3.8) is 0 Å². The predicted molar refractivity (Wildman–Crippen MR) is 143 cm³/mol. The molecule has 2 N–H and O–H groups in total. The molecular weight excluding hydrogens is 454 g/mol. The van der Waals surface area contributed by atoms with Crippen LogP contribution in [-0.4, -0.2) is 32.0 Å². The molecule has 35 heavy (non-hydrogen) atoms. The van der Waals surface area contributed by atoms with E-state index in [4.69, 9.17) is 12.2 Å². The maximum absolute atomic E-state index is 12.7. The van der Waals surface area contributed by atoms with Gasteiger partial charge in [0.25, 0.3) is 0 Å². The van der Waals surface area contributed by atoms with Gasteiger partial charge in [-0.25, -0.2) is 0 Å². The van der Waals surface area contributed by atoms with Crippen LogP contribution in [0, 0.1) is 6.92 Å². The summed E-state index contributed by atoms with van der Waals surface area (Å²) in [6.45, 7) is 2.57. The number of carbonyl (C=O) groups excluding carboxylic acids is 1. The highest BCUT2D eigenvalue weighted by Gasteiger charge is 2.40. The van der Waals surface area contributed by atoms with E-state index >= 15 is 0 Å². The molecule has 1 amide bonds. The van der Waals surface area contributed by atoms with Gasteiger partial charge in [-0.15, -0.1) is 0 Å². The Morgan fingerprint density at radius 1 is 1.11 bits per heavy atom. The lowest BCUT2D eigenvalue weighted by atomic mass is 9.95. The summed E-state index contributed by atoms with van der Waals surface area (Å²) in [5, 5.41) is 7.16. The molecule has 0 unspecified atom stereocenters. The average Bonchev–Trinajstić information content (AvgIpc) is 3.50. The van der Waals surface area contributed by atoms with Gasteiger partial charge in [0.2, 0.25) is 5.91 Å². The molecule has 1 saturated heterocycles. The number of rotatable bonds is 7. The molecule has 3 heterocycles. The number of pyridine rings is 1. The lowest BCUT2D eigenvalue weighted by Crippen LogP contribution is -2.32. The van der Waals surface area contributed by atoms with Gasteiger partial charge in [-0.2, -0.15) is 0 Å². The smallest absolute Gasteiger partial charge is 0.226 e. The van der Waals surface area contributed by atoms with Gasteiger partial charge in [0.1, 0.15) is 0 Å². The number of aryl methyl sites for hydroxylation is 1. The fourth-order valence-electron chi connectivity index (χ4n) is 5.30. The van der Waals surface area contributed by atoms with Gasteiger partial charge in [-0.05, 0) is 67.9 Å². The van der Waals surface area contributed by atoms with Crippen molar-refractivity contribution in [1.29, 1.82) is 0 Å². The summed E-state index contributed by atoms with van der Waals surface area (Å²) in [5.74, 6) is -0.0172. The van der Waals surface area contributed by atoms with E-state index in [-0.39, 0.29) is 18.0 Å². The van der Waals surface area contributed by atoms with Crippen molar-refractivity contribution in [2.75, 3.05) is 11.9 Å². The molecule has 1 aliphatic heterocycles. The summed E-state index contributed by atoms with van der Waals surface area (Å²) in [6, 6.07) is 16.5. The maximum atomic E-state index is 12.7. The molecule has 3 aromatic rings. The number of nitrogens with one attached hydrogen (secondary N) is 2. The number of nitrogens with zero attached hydrogens (tertiary/aromatic N) is 3. The third-order valence-corrected chi connectivity index (χ3v) is 7.54. The van der Waals surface area contributed by atoms with Crippen LogP contribution in [0.3, 0.4) is 0 Å². The van der Waals surface area contributed by atoms with Crippen molar-refractivity contribution in [3.8, 4) is 0 Å². The zero-order valence-electron chi connectivity index (χ0n) is 20.2. The van der Waals surface area contributed by atoms with E-state index in [0.717, 1.165) is 11.4 Å². The molecule has 1 saturated carbocycles. The second-order valence-corrected chi connectivity index (χ2v) is 10.1. The summed E-state index contributed by atoms with van der Waals surface area (Å²) in [7, 11) is 0. The van der Waals surface area contributed by atoms with Crippen LogP contribution >= 0.6 is 12.2 Å². The Hall–Kier alpha value is -3.19. The quantitative estimate of drug-likeness (QED) is 0.419. The fourth-order valence-corrected chi connectivity index (χ4v) is 5.64. The largest absolute Gasteiger partial charge is 0.352 e. The summed E-state index contributed by atoms with van der Waals surface area (Å²) in [4.78, 5) is 19.5. The number of aromatic nitrogens is 2. The van der Waals surface area contributed by atoms with Crippen LogP contribution in [0.4, 0.5) is 5.69 Å². The van der Waals surface area contributed by atoms with Crippen molar-refractivity contribution in [3.05, 3.63) is 83.9 Å². The Morgan fingerprint density at radius 3 is 2.66 bits per heavy atom. The van der Waals surface area contributed by atoms with Crippen LogP contribution in [-0.2, 0) is 4.79 Å². The molecule has 2 fully saturated rings. The van der Waals surface area contributed by atoms with Gasteiger partial charge in [0.05, 0.1) is 17.8 Å². The summed E-state index contributed by atoms with van der Waals surface area (Å²) < 4.78 is 2.38. The van der Waals surface area contributed by atoms with Crippen LogP contribution in [0.25, 0.3) is 0 Å². The van der Waals surface area contributed by atoms with E-state index in [1.165, 1.54) is 43.2 Å². The zero-order valence-corrected chi connectivity index (χ0v) is 21.0. The number of anilines is 1. The minimum Gasteiger partial charge on any atom is -0.352 e. The molecular formula is C28H33N5OS. The van der Waals surface area contributed by atoms with Gasteiger partial charge >= 0.3 is 0 Å². The standard InChI is InChI=1S/C28H33N5OS/c1-20-10-12-22(13-11-20)30-25(34)15-18-33-27(26(31-28(33)35)24-9-5-6-16-29-24)21-14-17-32(19-21)23-7-3-2-4-8-23/h5-6,9-14,16-17,19,23,26-27H,2-4,7-8,15,18H2,1H3,(H,30,34)(H,31,35)/t26-,27-/m0/s1. The number of hydrogen-bond acceptors (Lipinski definition) is 3. The van der Waals surface area contributed by atoms with E-state index < -0.39 is 0 Å². The van der Waals surface area contributed by atoms with Crippen molar-refractivity contribution in [1.82, 2.24) is 19.8 Å². The van der Waals surface area contributed by atoms with E-state index in [9.17, 15) is 4.79 Å². The minimum atomic E-state index is -0.0638. The highest BCUT2D eigenvalue weighted by Crippen LogP contribution is 2.39. The lowest BCUT2D eigenvalue weighted by Gasteiger charge is -2.27. The average molecular weight is 488 g/mol. The number of carbonyl (C=O) groups is 1. The second-order valence-electron chi connectivity index (χ2n) is 9.67. The van der Waals surface area contributed by atoms with E-state index in [1.807, 2.05) is 55.6 Å². The van der Waals surface area contributed by atoms with Crippen LogP contribution in [0.2, 0.25) is 0 Å². The first kappa shape index (κ1) is 23.5. The number of hydrogen-bond donors (Lipinski definition) is 2. The van der Waals surface area contributed by atoms with Crippen molar-refractivity contribution >= 4 is 28.9 Å². The van der Waals surface area contributed by atoms with Crippen molar-refractivity contribution in [2.45, 2.75) is 63.6 Å². The molecule has 1 aromatic carbocycles. The van der Waals surface area contributed by atoms with Gasteiger partial charge in [0.15, 0.2) is 5.11 Å². The Balaban J connectivity index is 1.35. The Kier molecular flexibility index (Phi) is 7.13. The molecule has 2 aromatic heterocycles. The monoisotopic (exact) mass is 487 g/mol. The van der Waals surface area contributed by atoms with Crippen molar-refractivity contribution < 1.29 is 4.79 Å².